The zero-order valence-electron chi connectivity index (χ0n) is 12.5. The minimum absolute atomic E-state index is 0.120. The molecule has 1 aliphatic carbocycles. The zero-order valence-corrected chi connectivity index (χ0v) is 12.5. The van der Waals surface area contributed by atoms with Crippen molar-refractivity contribution in [3.8, 4) is 0 Å². The van der Waals surface area contributed by atoms with Crippen LogP contribution in [0, 0.1) is 5.92 Å². The Labute approximate surface area is 129 Å². The molecule has 0 bridgehead atoms. The molecule has 3 atom stereocenters. The van der Waals surface area contributed by atoms with Crippen LogP contribution in [-0.4, -0.2) is 47.3 Å². The van der Waals surface area contributed by atoms with Crippen molar-refractivity contribution in [3.63, 3.8) is 0 Å². The average Bonchev–Trinajstić information content (AvgIpc) is 3.04. The molecule has 0 radical (unpaired) electrons. The van der Waals surface area contributed by atoms with Gasteiger partial charge in [-0.05, 0) is 12.0 Å². The Balaban J connectivity index is 1.84. The Morgan fingerprint density at radius 2 is 2.14 bits per heavy atom. The van der Waals surface area contributed by atoms with E-state index < -0.39 is 18.2 Å². The minimum Gasteiger partial charge on any atom is -0.451 e. The van der Waals surface area contributed by atoms with Crippen LogP contribution in [0.15, 0.2) is 42.5 Å². The van der Waals surface area contributed by atoms with E-state index in [2.05, 4.69) is 4.74 Å². The average molecular weight is 307 g/mol. The van der Waals surface area contributed by atoms with Gasteiger partial charge in [-0.1, -0.05) is 42.5 Å². The number of ether oxygens (including phenoxy) is 2. The van der Waals surface area contributed by atoms with Crippen molar-refractivity contribution in [3.05, 3.63) is 48.0 Å². The molecular weight excluding hydrogens is 286 g/mol. The molecule has 1 amide bonds. The van der Waals surface area contributed by atoms with Crippen LogP contribution in [0.2, 0.25) is 0 Å². The van der Waals surface area contributed by atoms with E-state index in [1.54, 1.807) is 6.08 Å². The molecule has 0 saturated carbocycles. The van der Waals surface area contributed by atoms with Gasteiger partial charge in [0.25, 0.3) is 0 Å². The summed E-state index contributed by atoms with van der Waals surface area (Å²) in [6, 6.07) is 9.11. The van der Waals surface area contributed by atoms with E-state index >= 15 is 0 Å². The second kappa shape index (κ2) is 7.93. The van der Waals surface area contributed by atoms with Crippen LogP contribution in [0.1, 0.15) is 12.0 Å². The molecule has 6 heteroatoms. The maximum atomic E-state index is 11.4. The van der Waals surface area contributed by atoms with E-state index in [4.69, 9.17) is 4.74 Å². The molecule has 0 spiro atoms. The first-order chi connectivity index (χ1) is 10.6. The highest BCUT2D eigenvalue weighted by Gasteiger charge is 2.36. The quantitative estimate of drug-likeness (QED) is 0.477. The van der Waals surface area contributed by atoms with Crippen molar-refractivity contribution >= 4 is 6.09 Å². The standard InChI is InChI=1S/C16H21NO5/c1-21-16(19)17(20)14-9-5-8-13(14)15(18)11-22-10-12-6-3-2-4-7-12/h2-8,13-15,18,20H,9-11H2,1H3. The Bertz CT molecular complexity index is 505. The lowest BCUT2D eigenvalue weighted by Crippen LogP contribution is -2.44. The summed E-state index contributed by atoms with van der Waals surface area (Å²) in [5, 5.41) is 20.6. The topological polar surface area (TPSA) is 79.2 Å². The van der Waals surface area contributed by atoms with Gasteiger partial charge < -0.3 is 14.6 Å². The number of carbonyl (C=O) groups excluding carboxylic acids is 1. The van der Waals surface area contributed by atoms with Crippen LogP contribution >= 0.6 is 0 Å². The van der Waals surface area contributed by atoms with Gasteiger partial charge in [0.2, 0.25) is 0 Å². The Morgan fingerprint density at radius 3 is 2.82 bits per heavy atom. The molecule has 0 aromatic heterocycles. The third kappa shape index (κ3) is 4.07. The monoisotopic (exact) mass is 307 g/mol. The van der Waals surface area contributed by atoms with Gasteiger partial charge in [-0.25, -0.2) is 4.79 Å². The summed E-state index contributed by atoms with van der Waals surface area (Å²) in [6.07, 6.45) is 2.42. The summed E-state index contributed by atoms with van der Waals surface area (Å²) in [5.74, 6) is -0.389. The number of hydrogen-bond donors (Lipinski definition) is 2. The van der Waals surface area contributed by atoms with Gasteiger partial charge >= 0.3 is 6.09 Å². The third-order valence-electron chi connectivity index (χ3n) is 3.70. The summed E-state index contributed by atoms with van der Waals surface area (Å²) in [4.78, 5) is 11.4. The van der Waals surface area contributed by atoms with Gasteiger partial charge in [-0.2, -0.15) is 5.06 Å². The fourth-order valence-electron chi connectivity index (χ4n) is 2.52. The molecule has 1 aliphatic rings. The fraction of sp³-hybridized carbons (Fsp3) is 0.438. The molecular formula is C16H21NO5. The molecule has 1 aromatic rings. The van der Waals surface area contributed by atoms with Gasteiger partial charge in [-0.15, -0.1) is 0 Å². The molecule has 0 fully saturated rings. The van der Waals surface area contributed by atoms with Gasteiger partial charge in [0, 0.05) is 5.92 Å². The summed E-state index contributed by atoms with van der Waals surface area (Å²) in [5.41, 5.74) is 1.02. The highest BCUT2D eigenvalue weighted by Crippen LogP contribution is 2.26. The van der Waals surface area contributed by atoms with Crippen molar-refractivity contribution in [2.24, 2.45) is 5.92 Å². The first-order valence-electron chi connectivity index (χ1n) is 7.16. The molecule has 120 valence electrons. The Kier molecular flexibility index (Phi) is 5.94. The fourth-order valence-corrected chi connectivity index (χ4v) is 2.52. The van der Waals surface area contributed by atoms with E-state index in [9.17, 15) is 15.1 Å². The van der Waals surface area contributed by atoms with Crippen molar-refractivity contribution < 1.29 is 24.6 Å². The molecule has 22 heavy (non-hydrogen) atoms. The molecule has 2 rings (SSSR count). The lowest BCUT2D eigenvalue weighted by molar-refractivity contribution is -0.122. The van der Waals surface area contributed by atoms with Gasteiger partial charge in [0.1, 0.15) is 0 Å². The van der Waals surface area contributed by atoms with Crippen LogP contribution in [0.25, 0.3) is 0 Å². The number of nitrogens with zero attached hydrogens (tertiary/aromatic N) is 1. The molecule has 1 aromatic carbocycles. The van der Waals surface area contributed by atoms with E-state index in [1.807, 2.05) is 36.4 Å². The van der Waals surface area contributed by atoms with Crippen LogP contribution in [0.3, 0.4) is 0 Å². The van der Waals surface area contributed by atoms with E-state index in [0.29, 0.717) is 18.1 Å². The molecule has 2 N–H and O–H groups in total. The predicted molar refractivity (Wildman–Crippen MR) is 79.2 cm³/mol. The van der Waals surface area contributed by atoms with E-state index in [0.717, 1.165) is 5.56 Å². The van der Waals surface area contributed by atoms with Crippen LogP contribution in [0.4, 0.5) is 4.79 Å². The second-order valence-electron chi connectivity index (χ2n) is 5.19. The predicted octanol–water partition coefficient (Wildman–Crippen LogP) is 1.97. The molecule has 3 unspecified atom stereocenters. The molecule has 0 heterocycles. The van der Waals surface area contributed by atoms with Crippen LogP contribution in [-0.2, 0) is 16.1 Å². The van der Waals surface area contributed by atoms with Gasteiger partial charge in [-0.3, -0.25) is 5.21 Å². The van der Waals surface area contributed by atoms with Crippen molar-refractivity contribution in [2.75, 3.05) is 13.7 Å². The Morgan fingerprint density at radius 1 is 1.41 bits per heavy atom. The minimum atomic E-state index is -0.837. The van der Waals surface area contributed by atoms with Gasteiger partial charge in [0.05, 0.1) is 32.5 Å². The lowest BCUT2D eigenvalue weighted by Gasteiger charge is -2.29. The number of rotatable bonds is 6. The number of aliphatic hydroxyl groups excluding tert-OH is 1. The molecule has 0 saturated heterocycles. The largest absolute Gasteiger partial charge is 0.451 e. The van der Waals surface area contributed by atoms with E-state index in [1.165, 1.54) is 7.11 Å². The Hall–Kier alpha value is -1.89. The molecule has 0 aliphatic heterocycles. The number of aliphatic hydroxyl groups is 1. The molecule has 6 nitrogen and oxygen atoms in total. The highest BCUT2D eigenvalue weighted by atomic mass is 16.6. The number of hydrogen-bond acceptors (Lipinski definition) is 5. The SMILES string of the molecule is COC(=O)N(O)C1CC=CC1C(O)COCc1ccccc1. The van der Waals surface area contributed by atoms with Crippen LogP contribution < -0.4 is 0 Å². The number of methoxy groups -OCH3 is 1. The van der Waals surface area contributed by atoms with Crippen molar-refractivity contribution in [2.45, 2.75) is 25.2 Å². The highest BCUT2D eigenvalue weighted by molar-refractivity contribution is 5.66. The lowest BCUT2D eigenvalue weighted by atomic mass is 9.97. The smallest absolute Gasteiger partial charge is 0.433 e. The number of benzene rings is 1. The first kappa shape index (κ1) is 16.5. The maximum Gasteiger partial charge on any atom is 0.433 e. The summed E-state index contributed by atoms with van der Waals surface area (Å²) < 4.78 is 10.00. The normalized spacial score (nSPS) is 21.6. The first-order valence-corrected chi connectivity index (χ1v) is 7.16. The van der Waals surface area contributed by atoms with Crippen molar-refractivity contribution in [1.82, 2.24) is 5.06 Å². The number of amides is 1. The second-order valence-corrected chi connectivity index (χ2v) is 5.19. The summed E-state index contributed by atoms with van der Waals surface area (Å²) in [7, 11) is 1.20. The summed E-state index contributed by atoms with van der Waals surface area (Å²) in [6.45, 7) is 0.522. The van der Waals surface area contributed by atoms with Crippen LogP contribution in [0.5, 0.6) is 0 Å². The summed E-state index contributed by atoms with van der Waals surface area (Å²) >= 11 is 0. The maximum absolute atomic E-state index is 11.4. The third-order valence-corrected chi connectivity index (χ3v) is 3.70. The number of carbonyl (C=O) groups is 1. The van der Waals surface area contributed by atoms with Gasteiger partial charge in [0.15, 0.2) is 0 Å². The number of hydroxylamine groups is 2. The zero-order chi connectivity index (χ0) is 15.9. The van der Waals surface area contributed by atoms with E-state index in [-0.39, 0.29) is 12.5 Å². The van der Waals surface area contributed by atoms with Crippen molar-refractivity contribution in [1.29, 1.82) is 0 Å².